The van der Waals surface area contributed by atoms with Gasteiger partial charge in [-0.3, -0.25) is 4.79 Å². The Hall–Kier alpha value is -2.35. The van der Waals surface area contributed by atoms with Gasteiger partial charge in [-0.25, -0.2) is 13.2 Å². The molecule has 1 aromatic rings. The zero-order chi connectivity index (χ0) is 18.7. The normalized spacial score (nSPS) is 24.8. The highest BCUT2D eigenvalue weighted by Gasteiger charge is 2.54. The van der Waals surface area contributed by atoms with Gasteiger partial charge in [0.25, 0.3) is 0 Å². The van der Waals surface area contributed by atoms with Crippen LogP contribution in [0.4, 0.5) is 4.79 Å². The molecule has 3 atom stereocenters. The van der Waals surface area contributed by atoms with Crippen LogP contribution in [0.15, 0.2) is 43.0 Å². The van der Waals surface area contributed by atoms with Gasteiger partial charge in [0.2, 0.25) is 5.91 Å². The maximum Gasteiger partial charge on any atom is 0.410 e. The lowest BCUT2D eigenvalue weighted by Gasteiger charge is -2.19. The number of benzene rings is 1. The number of carbonyl (C=O) groups is 2. The summed E-state index contributed by atoms with van der Waals surface area (Å²) in [5.41, 5.74) is 0.874. The average molecular weight is 378 g/mol. The molecule has 0 aromatic heterocycles. The zero-order valence-electron chi connectivity index (χ0n) is 14.3. The van der Waals surface area contributed by atoms with E-state index < -0.39 is 33.0 Å². The van der Waals surface area contributed by atoms with Crippen molar-refractivity contribution in [2.75, 3.05) is 18.8 Å². The Morgan fingerprint density at radius 3 is 2.73 bits per heavy atom. The minimum Gasteiger partial charge on any atom is -0.445 e. The lowest BCUT2D eigenvalue weighted by atomic mass is 10.0. The average Bonchev–Trinajstić information content (AvgIpc) is 3.15. The number of sulfone groups is 1. The molecule has 3 rings (SSSR count). The third-order valence-corrected chi connectivity index (χ3v) is 6.94. The maximum atomic E-state index is 12.5. The van der Waals surface area contributed by atoms with Crippen molar-refractivity contribution >= 4 is 21.8 Å². The second kappa shape index (κ2) is 7.49. The Balaban J connectivity index is 1.62. The van der Waals surface area contributed by atoms with Crippen LogP contribution in [0.2, 0.25) is 0 Å². The van der Waals surface area contributed by atoms with E-state index in [9.17, 15) is 18.0 Å². The van der Waals surface area contributed by atoms with Crippen LogP contribution in [0.25, 0.3) is 0 Å². The fraction of sp³-hybridized carbons (Fsp3) is 0.444. The van der Waals surface area contributed by atoms with Gasteiger partial charge in [0, 0.05) is 19.0 Å². The van der Waals surface area contributed by atoms with Gasteiger partial charge in [-0.05, 0) is 12.0 Å². The Bertz CT molecular complexity index is 793. The molecule has 1 N–H and O–H groups in total. The van der Waals surface area contributed by atoms with Gasteiger partial charge in [-0.1, -0.05) is 36.4 Å². The van der Waals surface area contributed by atoms with Crippen LogP contribution in [0.5, 0.6) is 0 Å². The van der Waals surface area contributed by atoms with E-state index in [1.807, 2.05) is 30.3 Å². The minimum atomic E-state index is -3.59. The molecular formula is C18H22N2O5S. The third-order valence-electron chi connectivity index (χ3n) is 4.80. The second-order valence-electron chi connectivity index (χ2n) is 6.59. The first-order valence-corrected chi connectivity index (χ1v) is 10.2. The van der Waals surface area contributed by atoms with Gasteiger partial charge >= 0.3 is 6.09 Å². The van der Waals surface area contributed by atoms with Crippen LogP contribution in [0.3, 0.4) is 0 Å². The zero-order valence-corrected chi connectivity index (χ0v) is 15.2. The molecule has 0 bridgehead atoms. The number of allylic oxidation sites excluding steroid dienone is 1. The molecule has 2 heterocycles. The van der Waals surface area contributed by atoms with Crippen LogP contribution < -0.4 is 5.32 Å². The molecule has 0 unspecified atom stereocenters. The number of rotatable bonds is 6. The molecule has 2 fully saturated rings. The van der Waals surface area contributed by atoms with Crippen LogP contribution in [-0.2, 0) is 26.0 Å². The Morgan fingerprint density at radius 2 is 2.04 bits per heavy atom. The summed E-state index contributed by atoms with van der Waals surface area (Å²) in [4.78, 5) is 25.9. The molecule has 26 heavy (non-hydrogen) atoms. The number of fused-ring (bicyclic) bond motifs is 1. The van der Waals surface area contributed by atoms with E-state index in [2.05, 4.69) is 11.9 Å². The molecule has 0 spiro atoms. The number of amides is 2. The summed E-state index contributed by atoms with van der Waals surface area (Å²) in [5, 5.41) is 1.60. The number of carbonyl (C=O) groups excluding carboxylic acids is 2. The molecule has 0 saturated carbocycles. The Morgan fingerprint density at radius 1 is 1.31 bits per heavy atom. The van der Waals surface area contributed by atoms with Crippen LogP contribution in [0.1, 0.15) is 12.0 Å². The molecule has 140 valence electrons. The van der Waals surface area contributed by atoms with Gasteiger partial charge < -0.3 is 15.0 Å². The van der Waals surface area contributed by atoms with Crippen molar-refractivity contribution in [3.8, 4) is 0 Å². The Labute approximate surface area is 152 Å². The third kappa shape index (κ3) is 3.75. The van der Waals surface area contributed by atoms with Gasteiger partial charge in [0.15, 0.2) is 9.84 Å². The van der Waals surface area contributed by atoms with Crippen molar-refractivity contribution in [2.24, 2.45) is 5.92 Å². The molecule has 2 aliphatic rings. The molecule has 2 saturated heterocycles. The number of nitrogens with one attached hydrogen (secondary N) is 1. The predicted octanol–water partition coefficient (Wildman–Crippen LogP) is 1.11. The highest BCUT2D eigenvalue weighted by atomic mass is 32.2. The smallest absolute Gasteiger partial charge is 0.410 e. The number of likely N-dealkylation sites (tertiary alicyclic amines) is 1. The minimum absolute atomic E-state index is 0.115. The lowest BCUT2D eigenvalue weighted by Crippen LogP contribution is -2.40. The Kier molecular flexibility index (Phi) is 5.31. The molecule has 0 radical (unpaired) electrons. The van der Waals surface area contributed by atoms with Crippen molar-refractivity contribution in [1.82, 2.24) is 10.2 Å². The van der Waals surface area contributed by atoms with Crippen molar-refractivity contribution in [1.29, 1.82) is 0 Å². The van der Waals surface area contributed by atoms with Crippen LogP contribution in [-0.4, -0.2) is 55.5 Å². The first-order chi connectivity index (χ1) is 12.4. The highest BCUT2D eigenvalue weighted by Crippen LogP contribution is 2.31. The van der Waals surface area contributed by atoms with E-state index in [1.54, 1.807) is 0 Å². The number of nitrogens with zero attached hydrogens (tertiary/aromatic N) is 1. The fourth-order valence-electron chi connectivity index (χ4n) is 3.51. The summed E-state index contributed by atoms with van der Waals surface area (Å²) in [5.74, 6) is -1.03. The van der Waals surface area contributed by atoms with Crippen molar-refractivity contribution in [3.63, 3.8) is 0 Å². The summed E-state index contributed by atoms with van der Waals surface area (Å²) in [6, 6.07) is 8.95. The highest BCUT2D eigenvalue weighted by molar-refractivity contribution is 7.92. The van der Waals surface area contributed by atoms with Crippen molar-refractivity contribution in [2.45, 2.75) is 24.3 Å². The number of hydrogen-bond acceptors (Lipinski definition) is 5. The summed E-state index contributed by atoms with van der Waals surface area (Å²) in [6.07, 6.45) is 1.32. The largest absolute Gasteiger partial charge is 0.445 e. The van der Waals surface area contributed by atoms with Crippen LogP contribution in [0, 0.1) is 5.92 Å². The van der Waals surface area contributed by atoms with Gasteiger partial charge in [-0.15, -0.1) is 6.58 Å². The summed E-state index contributed by atoms with van der Waals surface area (Å²) in [6.45, 7) is 4.12. The van der Waals surface area contributed by atoms with Gasteiger partial charge in [0.05, 0.1) is 11.8 Å². The topological polar surface area (TPSA) is 92.8 Å². The number of ether oxygens (including phenoxy) is 1. The molecule has 2 aliphatic heterocycles. The summed E-state index contributed by atoms with van der Waals surface area (Å²) in [7, 11) is -3.59. The van der Waals surface area contributed by atoms with Crippen molar-refractivity contribution < 1.29 is 22.7 Å². The van der Waals surface area contributed by atoms with E-state index in [0.717, 1.165) is 5.56 Å². The summed E-state index contributed by atoms with van der Waals surface area (Å²) >= 11 is 0. The lowest BCUT2D eigenvalue weighted by molar-refractivity contribution is -0.119. The van der Waals surface area contributed by atoms with Crippen LogP contribution >= 0.6 is 0 Å². The van der Waals surface area contributed by atoms with Gasteiger partial charge in [0.1, 0.15) is 11.9 Å². The predicted molar refractivity (Wildman–Crippen MR) is 96.0 cm³/mol. The van der Waals surface area contributed by atoms with E-state index in [-0.39, 0.29) is 31.5 Å². The monoisotopic (exact) mass is 378 g/mol. The van der Waals surface area contributed by atoms with E-state index in [1.165, 1.54) is 11.0 Å². The first kappa shape index (κ1) is 18.4. The van der Waals surface area contributed by atoms with E-state index in [4.69, 9.17) is 4.74 Å². The molecule has 8 heteroatoms. The molecule has 7 nitrogen and oxygen atoms in total. The maximum absolute atomic E-state index is 12.5. The van der Waals surface area contributed by atoms with E-state index in [0.29, 0.717) is 6.42 Å². The molecule has 0 aliphatic carbocycles. The van der Waals surface area contributed by atoms with Crippen molar-refractivity contribution in [3.05, 3.63) is 48.6 Å². The molecule has 1 aromatic carbocycles. The SMILES string of the molecule is C=CCCS(=O)(=O)[C@H]1C(=O)N[C@H]2CN(C(=O)OCc3ccccc3)C[C@@H]21. The first-order valence-electron chi connectivity index (χ1n) is 8.51. The fourth-order valence-corrected chi connectivity index (χ4v) is 5.46. The summed E-state index contributed by atoms with van der Waals surface area (Å²) < 4.78 is 30.3. The number of hydrogen-bond donors (Lipinski definition) is 1. The van der Waals surface area contributed by atoms with E-state index >= 15 is 0 Å². The molecule has 2 amide bonds. The second-order valence-corrected chi connectivity index (χ2v) is 8.83. The standard InChI is InChI=1S/C18H22N2O5S/c1-2-3-9-26(23,24)16-14-10-20(11-15(14)19-17(16)21)18(22)25-12-13-7-5-4-6-8-13/h2,4-8,14-16H,1,3,9-12H2,(H,19,21)/t14-,15-,16+/m0/s1. The molecular weight excluding hydrogens is 356 g/mol. The van der Waals surface area contributed by atoms with Gasteiger partial charge in [-0.2, -0.15) is 0 Å². The quantitative estimate of drug-likeness (QED) is 0.749.